The fourth-order valence-electron chi connectivity index (χ4n) is 4.47. The zero-order valence-electron chi connectivity index (χ0n) is 18.3. The molecule has 174 valence electrons. The van der Waals surface area contributed by atoms with Gasteiger partial charge in [0.25, 0.3) is 0 Å². The molecule has 1 amide bonds. The van der Waals surface area contributed by atoms with Gasteiger partial charge in [0.2, 0.25) is 5.91 Å². The highest BCUT2D eigenvalue weighted by Crippen LogP contribution is 2.30. The van der Waals surface area contributed by atoms with Gasteiger partial charge >= 0.3 is 6.18 Å². The molecule has 1 saturated carbocycles. The van der Waals surface area contributed by atoms with Crippen molar-refractivity contribution in [1.82, 2.24) is 9.80 Å². The molecule has 0 spiro atoms. The molecule has 2 fully saturated rings. The number of hydrogen-bond acceptors (Lipinski definition) is 4. The van der Waals surface area contributed by atoms with Crippen LogP contribution in [0.2, 0.25) is 0 Å². The first-order valence-electron chi connectivity index (χ1n) is 11.2. The van der Waals surface area contributed by atoms with E-state index in [1.165, 1.54) is 45.3 Å². The number of hydrogen-bond donors (Lipinski definition) is 0. The van der Waals surface area contributed by atoms with E-state index in [1.54, 1.807) is 12.1 Å². The molecule has 1 aliphatic carbocycles. The zero-order valence-corrected chi connectivity index (χ0v) is 18.3. The molecule has 1 heterocycles. The highest BCUT2D eigenvalue weighted by atomic mass is 19.4. The first-order chi connectivity index (χ1) is 14.8. The SMILES string of the molecule is COc1cc(CCC(=O)N2CCN(CC3CCCCC3)CC2)ccc1OCC(F)(F)F. The summed E-state index contributed by atoms with van der Waals surface area (Å²) in [6.45, 7) is 3.18. The maximum atomic E-state index is 12.6. The number of methoxy groups -OCH3 is 1. The summed E-state index contributed by atoms with van der Waals surface area (Å²) >= 11 is 0. The van der Waals surface area contributed by atoms with E-state index in [4.69, 9.17) is 9.47 Å². The van der Waals surface area contributed by atoms with Gasteiger partial charge < -0.3 is 14.4 Å². The number of ether oxygens (including phenoxy) is 2. The average molecular weight is 443 g/mol. The number of amides is 1. The predicted molar refractivity (Wildman–Crippen MR) is 112 cm³/mol. The van der Waals surface area contributed by atoms with Crippen molar-refractivity contribution in [3.05, 3.63) is 23.8 Å². The van der Waals surface area contributed by atoms with Crippen molar-refractivity contribution in [2.45, 2.75) is 51.1 Å². The van der Waals surface area contributed by atoms with E-state index in [1.807, 2.05) is 4.90 Å². The molecule has 1 aromatic rings. The molecule has 0 unspecified atom stereocenters. The summed E-state index contributed by atoms with van der Waals surface area (Å²) in [5.74, 6) is 1.22. The van der Waals surface area contributed by atoms with Gasteiger partial charge in [-0.2, -0.15) is 13.2 Å². The lowest BCUT2D eigenvalue weighted by Gasteiger charge is -2.37. The third-order valence-electron chi connectivity index (χ3n) is 6.21. The summed E-state index contributed by atoms with van der Waals surface area (Å²) in [6.07, 6.45) is 3.22. The minimum atomic E-state index is -4.41. The minimum Gasteiger partial charge on any atom is -0.493 e. The molecule has 1 aliphatic heterocycles. The van der Waals surface area contributed by atoms with Gasteiger partial charge in [0.05, 0.1) is 7.11 Å². The summed E-state index contributed by atoms with van der Waals surface area (Å²) in [4.78, 5) is 17.0. The van der Waals surface area contributed by atoms with Crippen LogP contribution in [0.1, 0.15) is 44.1 Å². The molecular weight excluding hydrogens is 409 g/mol. The molecule has 2 aliphatic rings. The Morgan fingerprint density at radius 2 is 1.77 bits per heavy atom. The van der Waals surface area contributed by atoms with Crippen LogP contribution in [0, 0.1) is 5.92 Å². The molecule has 1 aromatic carbocycles. The van der Waals surface area contributed by atoms with Gasteiger partial charge in [0, 0.05) is 39.1 Å². The van der Waals surface area contributed by atoms with Gasteiger partial charge in [-0.1, -0.05) is 25.3 Å². The molecule has 1 saturated heterocycles. The Kier molecular flexibility index (Phi) is 8.46. The minimum absolute atomic E-state index is 0.0454. The molecule has 8 heteroatoms. The number of carbonyl (C=O) groups is 1. The van der Waals surface area contributed by atoms with Gasteiger partial charge in [0.15, 0.2) is 18.1 Å². The largest absolute Gasteiger partial charge is 0.493 e. The van der Waals surface area contributed by atoms with Crippen LogP contribution in [0.4, 0.5) is 13.2 Å². The van der Waals surface area contributed by atoms with Crippen LogP contribution < -0.4 is 9.47 Å². The number of carbonyl (C=O) groups excluding carboxylic acids is 1. The van der Waals surface area contributed by atoms with E-state index in [-0.39, 0.29) is 17.4 Å². The standard InChI is InChI=1S/C23H33F3N2O3/c1-30-21-15-18(7-9-20(21)31-17-23(24,25)26)8-10-22(29)28-13-11-27(12-14-28)16-19-5-3-2-4-6-19/h7,9,15,19H,2-6,8,10-14,16-17H2,1H3. The van der Waals surface area contributed by atoms with Crippen LogP contribution in [-0.4, -0.2) is 68.3 Å². The molecule has 0 atom stereocenters. The lowest BCUT2D eigenvalue weighted by atomic mass is 9.89. The van der Waals surface area contributed by atoms with E-state index in [0.29, 0.717) is 12.8 Å². The van der Waals surface area contributed by atoms with E-state index in [2.05, 4.69) is 4.90 Å². The lowest BCUT2D eigenvalue weighted by molar-refractivity contribution is -0.153. The third kappa shape index (κ3) is 7.59. The molecular formula is C23H33F3N2O3. The number of rotatable bonds is 8. The zero-order chi connectivity index (χ0) is 22.3. The number of nitrogens with zero attached hydrogens (tertiary/aromatic N) is 2. The summed E-state index contributed by atoms with van der Waals surface area (Å²) in [5, 5.41) is 0. The number of halogens is 3. The smallest absolute Gasteiger partial charge is 0.422 e. The maximum absolute atomic E-state index is 12.6. The Morgan fingerprint density at radius 3 is 2.42 bits per heavy atom. The van der Waals surface area contributed by atoms with Crippen LogP contribution in [0.5, 0.6) is 11.5 Å². The molecule has 31 heavy (non-hydrogen) atoms. The molecule has 0 aromatic heterocycles. The molecule has 0 bridgehead atoms. The fraction of sp³-hybridized carbons (Fsp3) is 0.696. The Labute approximate surface area is 182 Å². The van der Waals surface area contributed by atoms with Gasteiger partial charge in [-0.05, 0) is 42.9 Å². The Morgan fingerprint density at radius 1 is 1.06 bits per heavy atom. The van der Waals surface area contributed by atoms with Gasteiger partial charge in [-0.3, -0.25) is 9.69 Å². The van der Waals surface area contributed by atoms with E-state index >= 15 is 0 Å². The second-order valence-electron chi connectivity index (χ2n) is 8.57. The monoisotopic (exact) mass is 442 g/mol. The fourth-order valence-corrected chi connectivity index (χ4v) is 4.47. The van der Waals surface area contributed by atoms with Crippen LogP contribution in [0.15, 0.2) is 18.2 Å². The molecule has 0 N–H and O–H groups in total. The average Bonchev–Trinajstić information content (AvgIpc) is 2.77. The number of piperazine rings is 1. The van der Waals surface area contributed by atoms with E-state index in [9.17, 15) is 18.0 Å². The second-order valence-corrected chi connectivity index (χ2v) is 8.57. The second kappa shape index (κ2) is 11.1. The quantitative estimate of drug-likeness (QED) is 0.602. The van der Waals surface area contributed by atoms with Crippen molar-refractivity contribution in [1.29, 1.82) is 0 Å². The predicted octanol–water partition coefficient (Wildman–Crippen LogP) is 4.29. The van der Waals surface area contributed by atoms with Crippen molar-refractivity contribution in [3.63, 3.8) is 0 Å². The van der Waals surface area contributed by atoms with Crippen molar-refractivity contribution in [2.24, 2.45) is 5.92 Å². The van der Waals surface area contributed by atoms with Crippen LogP contribution >= 0.6 is 0 Å². The summed E-state index contributed by atoms with van der Waals surface area (Å²) in [5.41, 5.74) is 0.834. The first-order valence-corrected chi connectivity index (χ1v) is 11.2. The Hall–Kier alpha value is -1.96. The highest BCUT2D eigenvalue weighted by molar-refractivity contribution is 5.76. The number of aryl methyl sites for hydroxylation is 1. The van der Waals surface area contributed by atoms with Crippen molar-refractivity contribution in [2.75, 3.05) is 46.4 Å². The maximum Gasteiger partial charge on any atom is 0.422 e. The van der Waals surface area contributed by atoms with Crippen LogP contribution in [0.25, 0.3) is 0 Å². The topological polar surface area (TPSA) is 42.0 Å². The van der Waals surface area contributed by atoms with Crippen LogP contribution in [0.3, 0.4) is 0 Å². The lowest BCUT2D eigenvalue weighted by Crippen LogP contribution is -2.49. The van der Waals surface area contributed by atoms with Crippen LogP contribution in [-0.2, 0) is 11.2 Å². The summed E-state index contributed by atoms with van der Waals surface area (Å²) in [7, 11) is 1.39. The van der Waals surface area contributed by atoms with Crippen molar-refractivity contribution >= 4 is 5.91 Å². The Balaban J connectivity index is 1.43. The van der Waals surface area contributed by atoms with E-state index < -0.39 is 12.8 Å². The van der Waals surface area contributed by atoms with Crippen molar-refractivity contribution < 1.29 is 27.4 Å². The Bertz CT molecular complexity index is 713. The molecule has 3 rings (SSSR count). The van der Waals surface area contributed by atoms with E-state index in [0.717, 1.165) is 44.2 Å². The summed E-state index contributed by atoms with van der Waals surface area (Å²) in [6, 6.07) is 4.79. The first kappa shape index (κ1) is 23.7. The summed E-state index contributed by atoms with van der Waals surface area (Å²) < 4.78 is 47.1. The highest BCUT2D eigenvalue weighted by Gasteiger charge is 2.29. The number of benzene rings is 1. The van der Waals surface area contributed by atoms with Gasteiger partial charge in [-0.15, -0.1) is 0 Å². The third-order valence-corrected chi connectivity index (χ3v) is 6.21. The number of alkyl halides is 3. The van der Waals surface area contributed by atoms with Gasteiger partial charge in [0.1, 0.15) is 0 Å². The van der Waals surface area contributed by atoms with Crippen molar-refractivity contribution in [3.8, 4) is 11.5 Å². The molecule has 0 radical (unpaired) electrons. The molecule has 5 nitrogen and oxygen atoms in total. The van der Waals surface area contributed by atoms with Gasteiger partial charge in [-0.25, -0.2) is 0 Å². The normalized spacial score (nSPS) is 18.8.